The van der Waals surface area contributed by atoms with Gasteiger partial charge < -0.3 is 5.32 Å². The van der Waals surface area contributed by atoms with Crippen molar-refractivity contribution in [3.8, 4) is 0 Å². The normalized spacial score (nSPS) is 10.5. The molecule has 0 aliphatic rings. The highest BCUT2D eigenvalue weighted by Gasteiger charge is 2.14. The lowest BCUT2D eigenvalue weighted by atomic mass is 10.1. The van der Waals surface area contributed by atoms with Crippen molar-refractivity contribution in [1.82, 2.24) is 0 Å². The second kappa shape index (κ2) is 6.53. The lowest BCUT2D eigenvalue weighted by Gasteiger charge is -2.11. The van der Waals surface area contributed by atoms with Crippen LogP contribution < -0.4 is 5.32 Å². The minimum atomic E-state index is -0.438. The van der Waals surface area contributed by atoms with Gasteiger partial charge in [0.2, 0.25) is 0 Å². The van der Waals surface area contributed by atoms with Gasteiger partial charge in [-0.3, -0.25) is 10.1 Å². The summed E-state index contributed by atoms with van der Waals surface area (Å²) in [6, 6.07) is 7.76. The van der Waals surface area contributed by atoms with Crippen LogP contribution in [0, 0.1) is 22.9 Å². The lowest BCUT2D eigenvalue weighted by molar-refractivity contribution is -0.385. The predicted octanol–water partition coefficient (Wildman–Crippen LogP) is 5.18. The third-order valence-corrected chi connectivity index (χ3v) is 4.11. The second-order valence-corrected chi connectivity index (χ2v) is 6.23. The standard InChI is InChI=1S/C14H11Br2FN2O2/c1-8-4-11(16)13(6-14(8)19(20)21)18-7-9-5-10(15)2-3-12(9)17/h2-6,18H,7H2,1H3. The number of aryl methyl sites for hydroxylation is 1. The average Bonchev–Trinajstić information content (AvgIpc) is 2.41. The molecule has 0 aromatic heterocycles. The SMILES string of the molecule is Cc1cc(Br)c(NCc2cc(Br)ccc2F)cc1[N+](=O)[O-]. The highest BCUT2D eigenvalue weighted by molar-refractivity contribution is 9.10. The number of nitrogens with one attached hydrogen (secondary N) is 1. The summed E-state index contributed by atoms with van der Waals surface area (Å²) in [5.74, 6) is -0.330. The zero-order chi connectivity index (χ0) is 15.6. The van der Waals surface area contributed by atoms with Crippen LogP contribution in [0.15, 0.2) is 39.3 Å². The van der Waals surface area contributed by atoms with Crippen LogP contribution in [-0.2, 0) is 6.54 Å². The van der Waals surface area contributed by atoms with Crippen LogP contribution >= 0.6 is 31.9 Å². The Bertz CT molecular complexity index is 708. The van der Waals surface area contributed by atoms with E-state index in [0.717, 1.165) is 4.47 Å². The molecule has 2 aromatic rings. The number of nitro benzene ring substituents is 1. The Balaban J connectivity index is 2.25. The molecule has 110 valence electrons. The van der Waals surface area contributed by atoms with Crippen LogP contribution in [-0.4, -0.2) is 4.92 Å². The molecule has 0 spiro atoms. The highest BCUT2D eigenvalue weighted by Crippen LogP contribution is 2.31. The van der Waals surface area contributed by atoms with Crippen LogP contribution in [0.5, 0.6) is 0 Å². The summed E-state index contributed by atoms with van der Waals surface area (Å²) in [7, 11) is 0. The summed E-state index contributed by atoms with van der Waals surface area (Å²) in [6.45, 7) is 1.89. The van der Waals surface area contributed by atoms with E-state index in [2.05, 4.69) is 37.2 Å². The fourth-order valence-electron chi connectivity index (χ4n) is 1.86. The maximum absolute atomic E-state index is 13.7. The van der Waals surface area contributed by atoms with E-state index in [1.807, 2.05) is 0 Å². The van der Waals surface area contributed by atoms with E-state index >= 15 is 0 Å². The molecule has 0 saturated heterocycles. The average molecular weight is 418 g/mol. The molecule has 1 N–H and O–H groups in total. The van der Waals surface area contributed by atoms with E-state index in [4.69, 9.17) is 0 Å². The minimum absolute atomic E-state index is 0.0235. The first-order chi connectivity index (χ1) is 9.88. The van der Waals surface area contributed by atoms with Gasteiger partial charge in [-0.1, -0.05) is 15.9 Å². The number of rotatable bonds is 4. The number of nitrogens with zero attached hydrogens (tertiary/aromatic N) is 1. The molecular weight excluding hydrogens is 407 g/mol. The third kappa shape index (κ3) is 3.79. The van der Waals surface area contributed by atoms with Gasteiger partial charge in [0.1, 0.15) is 5.82 Å². The van der Waals surface area contributed by atoms with Crippen LogP contribution in [0.3, 0.4) is 0 Å². The molecule has 7 heteroatoms. The van der Waals surface area contributed by atoms with Gasteiger partial charge in [-0.2, -0.15) is 0 Å². The topological polar surface area (TPSA) is 55.2 Å². The van der Waals surface area contributed by atoms with Gasteiger partial charge in [-0.05, 0) is 47.1 Å². The van der Waals surface area contributed by atoms with Gasteiger partial charge >= 0.3 is 0 Å². The van der Waals surface area contributed by atoms with E-state index in [9.17, 15) is 14.5 Å². The number of anilines is 1. The molecule has 0 unspecified atom stereocenters. The van der Waals surface area contributed by atoms with Gasteiger partial charge in [-0.25, -0.2) is 4.39 Å². The van der Waals surface area contributed by atoms with Crippen LogP contribution in [0.1, 0.15) is 11.1 Å². The summed E-state index contributed by atoms with van der Waals surface area (Å²) < 4.78 is 15.1. The maximum Gasteiger partial charge on any atom is 0.274 e. The number of benzene rings is 2. The van der Waals surface area contributed by atoms with Gasteiger partial charge in [0.15, 0.2) is 0 Å². The molecule has 4 nitrogen and oxygen atoms in total. The minimum Gasteiger partial charge on any atom is -0.380 e. The summed E-state index contributed by atoms with van der Waals surface area (Å²) in [5.41, 5.74) is 1.60. The maximum atomic E-state index is 13.7. The van der Waals surface area contributed by atoms with Crippen molar-refractivity contribution in [3.05, 3.63) is 66.3 Å². The second-order valence-electron chi connectivity index (χ2n) is 4.46. The van der Waals surface area contributed by atoms with Crippen molar-refractivity contribution < 1.29 is 9.31 Å². The largest absolute Gasteiger partial charge is 0.380 e. The Hall–Kier alpha value is -1.47. The smallest absolute Gasteiger partial charge is 0.274 e. The molecule has 2 aromatic carbocycles. The van der Waals surface area contributed by atoms with Crippen LogP contribution in [0.2, 0.25) is 0 Å². The Kier molecular flexibility index (Phi) is 4.95. The van der Waals surface area contributed by atoms with Gasteiger partial charge in [-0.15, -0.1) is 0 Å². The number of nitro groups is 1. The van der Waals surface area contributed by atoms with Crippen molar-refractivity contribution in [3.63, 3.8) is 0 Å². The van der Waals surface area contributed by atoms with Crippen molar-refractivity contribution in [1.29, 1.82) is 0 Å². The first-order valence-electron chi connectivity index (χ1n) is 6.01. The molecular formula is C14H11Br2FN2O2. The molecule has 0 aliphatic heterocycles. The van der Waals surface area contributed by atoms with Crippen LogP contribution in [0.4, 0.5) is 15.8 Å². The number of hydrogen-bond acceptors (Lipinski definition) is 3. The predicted molar refractivity (Wildman–Crippen MR) is 87.0 cm³/mol. The first kappa shape index (κ1) is 15.9. The molecule has 21 heavy (non-hydrogen) atoms. The summed E-state index contributed by atoms with van der Waals surface area (Å²) in [4.78, 5) is 10.5. The quantitative estimate of drug-likeness (QED) is 0.550. The van der Waals surface area contributed by atoms with Crippen molar-refractivity contribution in [2.24, 2.45) is 0 Å². The van der Waals surface area contributed by atoms with Crippen molar-refractivity contribution >= 4 is 43.2 Å². The fraction of sp³-hybridized carbons (Fsp3) is 0.143. The Morgan fingerprint density at radius 1 is 1.29 bits per heavy atom. The van der Waals surface area contributed by atoms with E-state index in [1.54, 1.807) is 25.1 Å². The summed E-state index contributed by atoms with van der Waals surface area (Å²) >= 11 is 6.63. The molecule has 0 aliphatic carbocycles. The van der Waals surface area contributed by atoms with Crippen molar-refractivity contribution in [2.75, 3.05) is 5.32 Å². The van der Waals surface area contributed by atoms with E-state index in [1.165, 1.54) is 12.1 Å². The Morgan fingerprint density at radius 2 is 2.00 bits per heavy atom. The zero-order valence-electron chi connectivity index (χ0n) is 11.0. The Labute approximate surface area is 137 Å². The molecule has 0 amide bonds. The van der Waals surface area contributed by atoms with Crippen molar-refractivity contribution in [2.45, 2.75) is 13.5 Å². The molecule has 2 rings (SSSR count). The van der Waals surface area contributed by atoms with Gasteiger partial charge in [0, 0.05) is 32.7 Å². The fourth-order valence-corrected chi connectivity index (χ4v) is 2.87. The first-order valence-corrected chi connectivity index (χ1v) is 7.59. The molecule has 0 atom stereocenters. The van der Waals surface area contributed by atoms with Crippen LogP contribution in [0.25, 0.3) is 0 Å². The molecule has 0 saturated carbocycles. The Morgan fingerprint density at radius 3 is 2.67 bits per heavy atom. The van der Waals surface area contributed by atoms with E-state index in [0.29, 0.717) is 21.3 Å². The highest BCUT2D eigenvalue weighted by atomic mass is 79.9. The number of hydrogen-bond donors (Lipinski definition) is 1. The lowest BCUT2D eigenvalue weighted by Crippen LogP contribution is -2.03. The molecule has 0 radical (unpaired) electrons. The molecule has 0 bridgehead atoms. The summed E-state index contributed by atoms with van der Waals surface area (Å²) in [6.07, 6.45) is 0. The van der Waals surface area contributed by atoms with E-state index in [-0.39, 0.29) is 18.0 Å². The monoisotopic (exact) mass is 416 g/mol. The van der Waals surface area contributed by atoms with E-state index < -0.39 is 4.92 Å². The zero-order valence-corrected chi connectivity index (χ0v) is 14.2. The van der Waals surface area contributed by atoms with Gasteiger partial charge in [0.05, 0.1) is 10.6 Å². The number of halogens is 3. The molecule has 0 heterocycles. The van der Waals surface area contributed by atoms with Gasteiger partial charge in [0.25, 0.3) is 5.69 Å². The molecule has 0 fully saturated rings. The summed E-state index contributed by atoms with van der Waals surface area (Å²) in [5, 5.41) is 14.0. The third-order valence-electron chi connectivity index (χ3n) is 2.96.